The first kappa shape index (κ1) is 18.9. The van der Waals surface area contributed by atoms with E-state index in [0.29, 0.717) is 12.7 Å². The maximum absolute atomic E-state index is 6.11. The number of nitrogens with zero attached hydrogens (tertiary/aromatic N) is 1. The molecule has 0 saturated heterocycles. The smallest absolute Gasteiger partial charge is 0.124 e. The lowest BCUT2D eigenvalue weighted by atomic mass is 9.82. The van der Waals surface area contributed by atoms with Gasteiger partial charge in [0.1, 0.15) is 18.0 Å². The van der Waals surface area contributed by atoms with Crippen LogP contribution in [0, 0.1) is 0 Å². The standard InChI is InChI=1S/C22H26N2O.ClH/c1-22(18-12-6-3-7-13-18)21(17-10-4-2-5-11-17)23-20(24-22)16-25-19-14-8-9-15-19;/h2-7,10-13,19,21H,8-9,14-16H2,1H3,(H,23,24);1H. The second kappa shape index (κ2) is 8.24. The minimum Gasteiger partial charge on any atom is -0.370 e. The Balaban J connectivity index is 0.00000196. The van der Waals surface area contributed by atoms with Crippen molar-refractivity contribution >= 4 is 18.2 Å². The average molecular weight is 371 g/mol. The number of aliphatic imine (C=N–C) groups is 1. The molecule has 0 amide bonds. The van der Waals surface area contributed by atoms with Gasteiger partial charge in [-0.3, -0.25) is 4.99 Å². The minimum atomic E-state index is -0.322. The average Bonchev–Trinajstić information content (AvgIpc) is 3.30. The van der Waals surface area contributed by atoms with E-state index in [2.05, 4.69) is 72.9 Å². The molecule has 4 rings (SSSR count). The molecule has 1 aliphatic carbocycles. The fourth-order valence-electron chi connectivity index (χ4n) is 4.07. The van der Waals surface area contributed by atoms with Gasteiger partial charge in [-0.25, -0.2) is 0 Å². The van der Waals surface area contributed by atoms with Gasteiger partial charge < -0.3 is 10.1 Å². The Kier molecular flexibility index (Phi) is 6.00. The lowest BCUT2D eigenvalue weighted by Gasteiger charge is -2.30. The number of hydrogen-bond acceptors (Lipinski definition) is 3. The summed E-state index contributed by atoms with van der Waals surface area (Å²) in [6.45, 7) is 2.80. The van der Waals surface area contributed by atoms with E-state index >= 15 is 0 Å². The van der Waals surface area contributed by atoms with Gasteiger partial charge in [0.05, 0.1) is 12.1 Å². The Hall–Kier alpha value is -1.84. The zero-order chi connectivity index (χ0) is 17.1. The SMILES string of the molecule is CC1(c2ccccc2)N=C(COC2CCCC2)NC1c1ccccc1.Cl. The molecule has 1 fully saturated rings. The predicted molar refractivity (Wildman–Crippen MR) is 109 cm³/mol. The molecule has 0 bridgehead atoms. The molecule has 138 valence electrons. The number of benzene rings is 2. The highest BCUT2D eigenvalue weighted by Gasteiger charge is 2.42. The van der Waals surface area contributed by atoms with E-state index in [1.807, 2.05) is 0 Å². The van der Waals surface area contributed by atoms with Crippen molar-refractivity contribution in [1.29, 1.82) is 0 Å². The third-order valence-corrected chi connectivity index (χ3v) is 5.49. The Bertz CT molecular complexity index is 728. The first-order valence-corrected chi connectivity index (χ1v) is 9.33. The van der Waals surface area contributed by atoms with E-state index in [1.54, 1.807) is 0 Å². The number of nitrogens with one attached hydrogen (secondary N) is 1. The van der Waals surface area contributed by atoms with Gasteiger partial charge in [-0.1, -0.05) is 73.5 Å². The van der Waals surface area contributed by atoms with Crippen LogP contribution in [0.3, 0.4) is 0 Å². The van der Waals surface area contributed by atoms with Gasteiger partial charge in [0, 0.05) is 0 Å². The van der Waals surface area contributed by atoms with Crippen molar-refractivity contribution < 1.29 is 4.74 Å². The highest BCUT2D eigenvalue weighted by atomic mass is 35.5. The van der Waals surface area contributed by atoms with E-state index in [9.17, 15) is 0 Å². The van der Waals surface area contributed by atoms with E-state index in [1.165, 1.54) is 36.8 Å². The molecule has 0 spiro atoms. The van der Waals surface area contributed by atoms with Gasteiger partial charge in [-0.2, -0.15) is 0 Å². The van der Waals surface area contributed by atoms with Gasteiger partial charge in [0.25, 0.3) is 0 Å². The summed E-state index contributed by atoms with van der Waals surface area (Å²) < 4.78 is 6.11. The zero-order valence-electron chi connectivity index (χ0n) is 15.2. The van der Waals surface area contributed by atoms with Gasteiger partial charge in [-0.15, -0.1) is 12.4 Å². The summed E-state index contributed by atoms with van der Waals surface area (Å²) in [5, 5.41) is 3.65. The topological polar surface area (TPSA) is 33.6 Å². The summed E-state index contributed by atoms with van der Waals surface area (Å²) >= 11 is 0. The highest BCUT2D eigenvalue weighted by molar-refractivity contribution is 5.86. The molecule has 4 heteroatoms. The molecule has 1 aliphatic heterocycles. The summed E-state index contributed by atoms with van der Waals surface area (Å²) in [5.74, 6) is 0.965. The lowest BCUT2D eigenvalue weighted by Crippen LogP contribution is -2.34. The van der Waals surface area contributed by atoms with Crippen LogP contribution in [0.15, 0.2) is 65.7 Å². The fourth-order valence-corrected chi connectivity index (χ4v) is 4.07. The molecule has 2 unspecified atom stereocenters. The second-order valence-corrected chi connectivity index (χ2v) is 7.28. The van der Waals surface area contributed by atoms with Gasteiger partial charge in [0.2, 0.25) is 0 Å². The van der Waals surface area contributed by atoms with Crippen molar-refractivity contribution in [3.05, 3.63) is 71.8 Å². The van der Waals surface area contributed by atoms with Crippen LogP contribution in [0.4, 0.5) is 0 Å². The Labute approximate surface area is 162 Å². The Morgan fingerprint density at radius 3 is 2.27 bits per heavy atom. The second-order valence-electron chi connectivity index (χ2n) is 7.28. The van der Waals surface area contributed by atoms with Gasteiger partial charge in [0.15, 0.2) is 0 Å². The summed E-state index contributed by atoms with van der Waals surface area (Å²) in [7, 11) is 0. The van der Waals surface area contributed by atoms with Crippen LogP contribution in [0.1, 0.15) is 49.8 Å². The van der Waals surface area contributed by atoms with Crippen LogP contribution < -0.4 is 5.32 Å². The third kappa shape index (κ3) is 3.79. The normalized spacial score (nSPS) is 25.4. The van der Waals surface area contributed by atoms with E-state index < -0.39 is 0 Å². The van der Waals surface area contributed by atoms with Crippen molar-refractivity contribution in [2.45, 2.75) is 50.3 Å². The number of rotatable bonds is 5. The monoisotopic (exact) mass is 370 g/mol. The number of amidine groups is 1. The first-order valence-electron chi connectivity index (χ1n) is 9.33. The zero-order valence-corrected chi connectivity index (χ0v) is 16.0. The van der Waals surface area contributed by atoms with Crippen molar-refractivity contribution in [2.24, 2.45) is 4.99 Å². The molecule has 3 nitrogen and oxygen atoms in total. The quantitative estimate of drug-likeness (QED) is 0.801. The molecule has 2 atom stereocenters. The van der Waals surface area contributed by atoms with E-state index in [4.69, 9.17) is 9.73 Å². The highest BCUT2D eigenvalue weighted by Crippen LogP contribution is 2.42. The molecule has 0 aromatic heterocycles. The van der Waals surface area contributed by atoms with Crippen LogP contribution in [0.25, 0.3) is 0 Å². The van der Waals surface area contributed by atoms with Crippen molar-refractivity contribution in [3.8, 4) is 0 Å². The molecule has 2 aliphatic rings. The molecule has 1 saturated carbocycles. The van der Waals surface area contributed by atoms with E-state index in [-0.39, 0.29) is 24.0 Å². The lowest BCUT2D eigenvalue weighted by molar-refractivity contribution is 0.0863. The van der Waals surface area contributed by atoms with Gasteiger partial charge in [-0.05, 0) is 30.9 Å². The first-order chi connectivity index (χ1) is 12.3. The number of halogens is 1. The van der Waals surface area contributed by atoms with Crippen LogP contribution in [-0.2, 0) is 10.3 Å². The summed E-state index contributed by atoms with van der Waals surface area (Å²) in [5.41, 5.74) is 2.16. The van der Waals surface area contributed by atoms with Crippen molar-refractivity contribution in [3.63, 3.8) is 0 Å². The largest absolute Gasteiger partial charge is 0.370 e. The van der Waals surface area contributed by atoms with Gasteiger partial charge >= 0.3 is 0 Å². The molecule has 2 aromatic carbocycles. The molecule has 2 aromatic rings. The predicted octanol–water partition coefficient (Wildman–Crippen LogP) is 5.03. The van der Waals surface area contributed by atoms with E-state index in [0.717, 1.165) is 5.84 Å². The third-order valence-electron chi connectivity index (χ3n) is 5.49. The number of ether oxygens (including phenoxy) is 1. The van der Waals surface area contributed by atoms with Crippen LogP contribution in [0.5, 0.6) is 0 Å². The fraction of sp³-hybridized carbons (Fsp3) is 0.409. The molecular weight excluding hydrogens is 344 g/mol. The maximum atomic E-state index is 6.11. The van der Waals surface area contributed by atoms with Crippen LogP contribution >= 0.6 is 12.4 Å². The molecule has 1 N–H and O–H groups in total. The molecular formula is C22H27ClN2O. The summed E-state index contributed by atoms with van der Waals surface area (Å²) in [6, 6.07) is 21.3. The van der Waals surface area contributed by atoms with Crippen molar-refractivity contribution in [2.75, 3.05) is 6.61 Å². The minimum absolute atomic E-state index is 0. The number of hydrogen-bond donors (Lipinski definition) is 1. The van der Waals surface area contributed by atoms with Crippen LogP contribution in [0.2, 0.25) is 0 Å². The maximum Gasteiger partial charge on any atom is 0.124 e. The summed E-state index contributed by atoms with van der Waals surface area (Å²) in [4.78, 5) is 5.09. The van der Waals surface area contributed by atoms with Crippen LogP contribution in [-0.4, -0.2) is 18.5 Å². The Morgan fingerprint density at radius 1 is 1.00 bits per heavy atom. The molecule has 26 heavy (non-hydrogen) atoms. The van der Waals surface area contributed by atoms with Crippen molar-refractivity contribution in [1.82, 2.24) is 5.32 Å². The Morgan fingerprint density at radius 2 is 1.62 bits per heavy atom. The molecule has 1 heterocycles. The summed E-state index contributed by atoms with van der Waals surface area (Å²) in [6.07, 6.45) is 5.36. The molecule has 0 radical (unpaired) electrons.